The second-order valence-corrected chi connectivity index (χ2v) is 16.8. The number of benzene rings is 4. The van der Waals surface area contributed by atoms with Crippen LogP contribution in [0.3, 0.4) is 0 Å². The van der Waals surface area contributed by atoms with Gasteiger partial charge in [0.15, 0.2) is 0 Å². The van der Waals surface area contributed by atoms with Crippen LogP contribution in [-0.2, 0) is 21.7 Å². The van der Waals surface area contributed by atoms with Crippen molar-refractivity contribution in [3.63, 3.8) is 0 Å². The smallest absolute Gasteiger partial charge is 0.249 e. The second-order valence-electron chi connectivity index (χ2n) is 16.8. The SMILES string of the molecule is CC(C)(C)c1cc(-c2ccc3c(c2)[nH]c2cc(-c4cc(C(C)(C)C)cc(C(C)(C)C)c4)c(C(N)=O)cc23)cc(C(C)(C)C)c1. The molecule has 3 nitrogen and oxygen atoms in total. The van der Waals surface area contributed by atoms with Crippen molar-refractivity contribution in [2.24, 2.45) is 5.73 Å². The summed E-state index contributed by atoms with van der Waals surface area (Å²) >= 11 is 0. The first kappa shape index (κ1) is 31.6. The molecule has 3 heteroatoms. The van der Waals surface area contributed by atoms with Crippen molar-refractivity contribution in [1.82, 2.24) is 4.98 Å². The molecule has 0 saturated carbocycles. The van der Waals surface area contributed by atoms with Gasteiger partial charge in [-0.3, -0.25) is 4.79 Å². The van der Waals surface area contributed by atoms with Crippen molar-refractivity contribution in [1.29, 1.82) is 0 Å². The minimum Gasteiger partial charge on any atom is -0.366 e. The van der Waals surface area contributed by atoms with E-state index in [1.165, 1.54) is 33.4 Å². The standard InChI is InChI=1S/C41H50N2O/c1-38(2,3)27-15-25(16-28(20-27)39(4,5)6)24-13-14-31-33-22-34(37(42)44)32(23-36(33)43-35(31)19-24)26-17-29(40(7,8)9)21-30(18-26)41(10,11)12/h13-23,43H,1-12H3,(H2,42,44). The summed E-state index contributed by atoms with van der Waals surface area (Å²) in [6.07, 6.45) is 0. The van der Waals surface area contributed by atoms with E-state index >= 15 is 0 Å². The lowest BCUT2D eigenvalue weighted by Crippen LogP contribution is -2.17. The van der Waals surface area contributed by atoms with Crippen molar-refractivity contribution in [3.8, 4) is 22.3 Å². The molecule has 0 fully saturated rings. The van der Waals surface area contributed by atoms with Gasteiger partial charge in [-0.1, -0.05) is 132 Å². The Kier molecular flexibility index (Phi) is 7.44. The van der Waals surface area contributed by atoms with E-state index in [0.29, 0.717) is 5.56 Å². The molecule has 0 unspecified atom stereocenters. The van der Waals surface area contributed by atoms with Gasteiger partial charge in [-0.2, -0.15) is 0 Å². The van der Waals surface area contributed by atoms with E-state index in [9.17, 15) is 4.79 Å². The Morgan fingerprint density at radius 3 is 1.36 bits per heavy atom. The summed E-state index contributed by atoms with van der Waals surface area (Å²) in [7, 11) is 0. The molecule has 230 valence electrons. The lowest BCUT2D eigenvalue weighted by molar-refractivity contribution is 0.100. The number of fused-ring (bicyclic) bond motifs is 3. The maximum Gasteiger partial charge on any atom is 0.249 e. The third-order valence-corrected chi connectivity index (χ3v) is 8.98. The van der Waals surface area contributed by atoms with Crippen LogP contribution in [0.5, 0.6) is 0 Å². The fourth-order valence-corrected chi connectivity index (χ4v) is 5.89. The first-order chi connectivity index (χ1) is 20.1. The van der Waals surface area contributed by atoms with E-state index in [0.717, 1.165) is 32.9 Å². The Bertz CT molecular complexity index is 1840. The lowest BCUT2D eigenvalue weighted by atomic mass is 9.78. The number of carbonyl (C=O) groups is 1. The summed E-state index contributed by atoms with van der Waals surface area (Å²) in [5, 5.41) is 2.09. The van der Waals surface area contributed by atoms with Gasteiger partial charge in [-0.05, 0) is 84.4 Å². The maximum absolute atomic E-state index is 12.9. The molecule has 0 aliphatic carbocycles. The molecule has 0 saturated heterocycles. The number of aromatic amines is 1. The number of hydrogen-bond donors (Lipinski definition) is 2. The minimum absolute atomic E-state index is 0.0400. The molecule has 1 amide bonds. The van der Waals surface area contributed by atoms with Crippen LogP contribution in [-0.4, -0.2) is 10.9 Å². The van der Waals surface area contributed by atoms with Gasteiger partial charge in [0, 0.05) is 27.4 Å². The Balaban J connectivity index is 1.73. The number of carbonyl (C=O) groups excluding carboxylic acids is 1. The Morgan fingerprint density at radius 1 is 0.500 bits per heavy atom. The zero-order valence-corrected chi connectivity index (χ0v) is 28.8. The molecule has 4 aromatic carbocycles. The third kappa shape index (κ3) is 6.07. The predicted octanol–water partition coefficient (Wildman–Crippen LogP) is 10.9. The number of aromatic nitrogens is 1. The van der Waals surface area contributed by atoms with Crippen LogP contribution in [0.25, 0.3) is 44.1 Å². The largest absolute Gasteiger partial charge is 0.366 e. The van der Waals surface area contributed by atoms with Crippen LogP contribution >= 0.6 is 0 Å². The molecule has 5 rings (SSSR count). The van der Waals surface area contributed by atoms with E-state index in [1.54, 1.807) is 0 Å². The number of primary amides is 1. The number of hydrogen-bond acceptors (Lipinski definition) is 1. The van der Waals surface area contributed by atoms with E-state index in [4.69, 9.17) is 5.73 Å². The number of H-pyrrole nitrogens is 1. The van der Waals surface area contributed by atoms with Crippen molar-refractivity contribution >= 4 is 27.7 Å². The summed E-state index contributed by atoms with van der Waals surface area (Å²) in [5.74, 6) is -0.417. The van der Waals surface area contributed by atoms with Crippen molar-refractivity contribution in [2.75, 3.05) is 0 Å². The third-order valence-electron chi connectivity index (χ3n) is 8.98. The van der Waals surface area contributed by atoms with Gasteiger partial charge in [0.1, 0.15) is 0 Å². The number of nitrogens with one attached hydrogen (secondary N) is 1. The average molecular weight is 587 g/mol. The van der Waals surface area contributed by atoms with Gasteiger partial charge in [0.05, 0.1) is 0 Å². The molecule has 0 aliphatic heterocycles. The van der Waals surface area contributed by atoms with Crippen LogP contribution < -0.4 is 5.73 Å². The summed E-state index contributed by atoms with van der Waals surface area (Å²) in [5.41, 5.74) is 18.1. The monoisotopic (exact) mass is 586 g/mol. The van der Waals surface area contributed by atoms with Gasteiger partial charge in [0.25, 0.3) is 0 Å². The fraction of sp³-hybridized carbons (Fsp3) is 0.390. The summed E-state index contributed by atoms with van der Waals surface area (Å²) in [4.78, 5) is 16.6. The highest BCUT2D eigenvalue weighted by atomic mass is 16.1. The molecule has 3 N–H and O–H groups in total. The van der Waals surface area contributed by atoms with Gasteiger partial charge in [0.2, 0.25) is 5.91 Å². The second kappa shape index (κ2) is 10.4. The first-order valence-electron chi connectivity index (χ1n) is 15.8. The maximum atomic E-state index is 12.9. The van der Waals surface area contributed by atoms with Gasteiger partial charge < -0.3 is 10.7 Å². The predicted molar refractivity (Wildman–Crippen MR) is 190 cm³/mol. The van der Waals surface area contributed by atoms with Crippen LogP contribution in [0.2, 0.25) is 0 Å². The zero-order chi connectivity index (χ0) is 32.6. The summed E-state index contributed by atoms with van der Waals surface area (Å²) < 4.78 is 0. The molecule has 0 bridgehead atoms. The molecule has 0 radical (unpaired) electrons. The average Bonchev–Trinajstić information content (AvgIpc) is 3.26. The highest BCUT2D eigenvalue weighted by Crippen LogP contribution is 2.39. The highest BCUT2D eigenvalue weighted by molar-refractivity contribution is 6.13. The Hall–Kier alpha value is -3.85. The molecule has 0 atom stereocenters. The van der Waals surface area contributed by atoms with E-state index in [1.807, 2.05) is 6.07 Å². The van der Waals surface area contributed by atoms with Crippen molar-refractivity contribution < 1.29 is 4.79 Å². The summed E-state index contributed by atoms with van der Waals surface area (Å²) in [6, 6.07) is 24.5. The van der Waals surface area contributed by atoms with Crippen LogP contribution in [0.15, 0.2) is 66.7 Å². The Morgan fingerprint density at radius 2 is 0.932 bits per heavy atom. The molecular weight excluding hydrogens is 536 g/mol. The molecule has 0 aliphatic rings. The number of rotatable bonds is 3. The lowest BCUT2D eigenvalue weighted by Gasteiger charge is -2.26. The van der Waals surface area contributed by atoms with Gasteiger partial charge in [-0.15, -0.1) is 0 Å². The highest BCUT2D eigenvalue weighted by Gasteiger charge is 2.24. The molecule has 44 heavy (non-hydrogen) atoms. The molecule has 5 aromatic rings. The van der Waals surface area contributed by atoms with Crippen LogP contribution in [0.4, 0.5) is 0 Å². The summed E-state index contributed by atoms with van der Waals surface area (Å²) in [6.45, 7) is 27.0. The van der Waals surface area contributed by atoms with Crippen LogP contribution in [0.1, 0.15) is 116 Å². The van der Waals surface area contributed by atoms with E-state index in [2.05, 4.69) is 149 Å². The fourth-order valence-electron chi connectivity index (χ4n) is 5.89. The number of nitrogens with two attached hydrogens (primary N) is 1. The van der Waals surface area contributed by atoms with Crippen molar-refractivity contribution in [3.05, 3.63) is 94.5 Å². The normalized spacial score (nSPS) is 13.2. The first-order valence-corrected chi connectivity index (χ1v) is 15.8. The quantitative estimate of drug-likeness (QED) is 0.217. The topological polar surface area (TPSA) is 58.9 Å². The van der Waals surface area contributed by atoms with Crippen molar-refractivity contribution in [2.45, 2.75) is 105 Å². The molecule has 1 heterocycles. The molecule has 1 aromatic heterocycles. The minimum atomic E-state index is -0.417. The number of amides is 1. The van der Waals surface area contributed by atoms with Crippen LogP contribution in [0, 0.1) is 0 Å². The zero-order valence-electron chi connectivity index (χ0n) is 28.8. The van der Waals surface area contributed by atoms with Gasteiger partial charge in [-0.25, -0.2) is 0 Å². The van der Waals surface area contributed by atoms with E-state index in [-0.39, 0.29) is 21.7 Å². The Labute approximate surface area is 264 Å². The molecular formula is C41H50N2O. The molecule has 0 spiro atoms. The van der Waals surface area contributed by atoms with Gasteiger partial charge >= 0.3 is 0 Å². The van der Waals surface area contributed by atoms with E-state index < -0.39 is 5.91 Å².